The molecule has 0 unspecified atom stereocenters. The zero-order valence-electron chi connectivity index (χ0n) is 9.47. The van der Waals surface area contributed by atoms with Gasteiger partial charge in [-0.2, -0.15) is 0 Å². The molecule has 0 aliphatic heterocycles. The Labute approximate surface area is 94.1 Å². The second kappa shape index (κ2) is 4.08. The van der Waals surface area contributed by atoms with E-state index in [1.165, 1.54) is 19.0 Å². The molecular formula is C11H15N3O2. The van der Waals surface area contributed by atoms with Crippen molar-refractivity contribution < 1.29 is 9.90 Å². The first kappa shape index (κ1) is 10.9. The Morgan fingerprint density at radius 2 is 2.31 bits per heavy atom. The van der Waals surface area contributed by atoms with Crippen molar-refractivity contribution in [1.29, 1.82) is 0 Å². The monoisotopic (exact) mass is 221 g/mol. The highest BCUT2D eigenvalue weighted by molar-refractivity contribution is 5.88. The lowest BCUT2D eigenvalue weighted by Crippen LogP contribution is -2.23. The second-order valence-electron chi connectivity index (χ2n) is 4.30. The third-order valence-corrected chi connectivity index (χ3v) is 2.77. The summed E-state index contributed by atoms with van der Waals surface area (Å²) in [4.78, 5) is 21.1. The fourth-order valence-electron chi connectivity index (χ4n) is 1.62. The van der Waals surface area contributed by atoms with Crippen LogP contribution in [0.3, 0.4) is 0 Å². The third-order valence-electron chi connectivity index (χ3n) is 2.77. The largest absolute Gasteiger partial charge is 0.478 e. The number of aromatic carboxylic acids is 1. The molecule has 0 atom stereocenters. The molecule has 1 aromatic rings. The highest BCUT2D eigenvalue weighted by Crippen LogP contribution is 2.30. The molecule has 5 heteroatoms. The van der Waals surface area contributed by atoms with E-state index >= 15 is 0 Å². The van der Waals surface area contributed by atoms with Crippen molar-refractivity contribution in [3.8, 4) is 0 Å². The summed E-state index contributed by atoms with van der Waals surface area (Å²) in [6, 6.07) is 0. The highest BCUT2D eigenvalue weighted by atomic mass is 16.4. The van der Waals surface area contributed by atoms with Crippen molar-refractivity contribution >= 4 is 11.9 Å². The van der Waals surface area contributed by atoms with Gasteiger partial charge in [0.2, 0.25) is 5.95 Å². The summed E-state index contributed by atoms with van der Waals surface area (Å²) < 4.78 is 0. The van der Waals surface area contributed by atoms with Gasteiger partial charge in [-0.1, -0.05) is 0 Å². The summed E-state index contributed by atoms with van der Waals surface area (Å²) in [5, 5.41) is 8.86. The average Bonchev–Trinajstić information content (AvgIpc) is 3.00. The molecule has 1 saturated carbocycles. The summed E-state index contributed by atoms with van der Waals surface area (Å²) in [6.45, 7) is 2.64. The lowest BCUT2D eigenvalue weighted by Gasteiger charge is -2.16. The van der Waals surface area contributed by atoms with E-state index in [0.717, 1.165) is 12.5 Å². The molecule has 2 rings (SSSR count). The molecule has 1 N–H and O–H groups in total. The normalized spacial score (nSPS) is 14.9. The average molecular weight is 221 g/mol. The number of aryl methyl sites for hydroxylation is 1. The van der Waals surface area contributed by atoms with Gasteiger partial charge in [-0.05, 0) is 25.7 Å². The van der Waals surface area contributed by atoms with Crippen molar-refractivity contribution in [2.24, 2.45) is 5.92 Å². The maximum absolute atomic E-state index is 10.8. The molecule has 1 aliphatic rings. The van der Waals surface area contributed by atoms with Gasteiger partial charge in [0.15, 0.2) is 0 Å². The van der Waals surface area contributed by atoms with Crippen LogP contribution in [0.25, 0.3) is 0 Å². The van der Waals surface area contributed by atoms with Gasteiger partial charge in [0.25, 0.3) is 0 Å². The third kappa shape index (κ3) is 2.29. The number of carboxylic acids is 1. The van der Waals surface area contributed by atoms with Crippen LogP contribution < -0.4 is 4.90 Å². The summed E-state index contributed by atoms with van der Waals surface area (Å²) in [7, 11) is 1.94. The molecule has 0 spiro atoms. The van der Waals surface area contributed by atoms with E-state index in [2.05, 4.69) is 9.97 Å². The van der Waals surface area contributed by atoms with Gasteiger partial charge in [0.05, 0.1) is 11.3 Å². The van der Waals surface area contributed by atoms with Crippen molar-refractivity contribution in [2.75, 3.05) is 18.5 Å². The Balaban J connectivity index is 2.15. The molecule has 86 valence electrons. The minimum atomic E-state index is -0.978. The number of anilines is 1. The van der Waals surface area contributed by atoms with Crippen LogP contribution in [0, 0.1) is 12.8 Å². The minimum Gasteiger partial charge on any atom is -0.478 e. The van der Waals surface area contributed by atoms with Crippen LogP contribution in [0.4, 0.5) is 5.95 Å². The Morgan fingerprint density at radius 3 is 2.81 bits per heavy atom. The highest BCUT2D eigenvalue weighted by Gasteiger charge is 2.24. The summed E-state index contributed by atoms with van der Waals surface area (Å²) in [6.07, 6.45) is 3.93. The zero-order valence-corrected chi connectivity index (χ0v) is 9.47. The molecule has 0 radical (unpaired) electrons. The minimum absolute atomic E-state index is 0.170. The van der Waals surface area contributed by atoms with Gasteiger partial charge in [-0.15, -0.1) is 0 Å². The topological polar surface area (TPSA) is 66.3 Å². The fraction of sp³-hybridized carbons (Fsp3) is 0.545. The SMILES string of the molecule is Cc1nc(N(C)CC2CC2)ncc1C(=O)O. The van der Waals surface area contributed by atoms with Crippen LogP contribution in [0.1, 0.15) is 28.9 Å². The lowest BCUT2D eigenvalue weighted by molar-refractivity contribution is 0.0695. The first-order chi connectivity index (χ1) is 7.58. The molecular weight excluding hydrogens is 206 g/mol. The first-order valence-corrected chi connectivity index (χ1v) is 5.36. The second-order valence-corrected chi connectivity index (χ2v) is 4.30. The van der Waals surface area contributed by atoms with E-state index in [9.17, 15) is 4.79 Å². The van der Waals surface area contributed by atoms with Crippen molar-refractivity contribution in [2.45, 2.75) is 19.8 Å². The molecule has 0 saturated heterocycles. The first-order valence-electron chi connectivity index (χ1n) is 5.36. The van der Waals surface area contributed by atoms with E-state index in [4.69, 9.17) is 5.11 Å². The molecule has 0 bridgehead atoms. The van der Waals surface area contributed by atoms with E-state index in [1.54, 1.807) is 6.92 Å². The summed E-state index contributed by atoms with van der Waals surface area (Å²) in [5.74, 6) is 0.386. The molecule has 1 aromatic heterocycles. The molecule has 0 amide bonds. The van der Waals surface area contributed by atoms with Crippen LogP contribution in [0.2, 0.25) is 0 Å². The van der Waals surface area contributed by atoms with Crippen molar-refractivity contribution in [3.63, 3.8) is 0 Å². The number of carboxylic acid groups (broad SMARTS) is 1. The zero-order chi connectivity index (χ0) is 11.7. The summed E-state index contributed by atoms with van der Waals surface area (Å²) >= 11 is 0. The van der Waals surface area contributed by atoms with E-state index in [-0.39, 0.29) is 5.56 Å². The Bertz CT molecular complexity index is 416. The van der Waals surface area contributed by atoms with Crippen LogP contribution in [0.5, 0.6) is 0 Å². The van der Waals surface area contributed by atoms with E-state index < -0.39 is 5.97 Å². The van der Waals surface area contributed by atoms with Crippen LogP contribution >= 0.6 is 0 Å². The standard InChI is InChI=1S/C11H15N3O2/c1-7-9(10(15)16)5-12-11(13-7)14(2)6-8-3-4-8/h5,8H,3-4,6H2,1-2H3,(H,15,16). The number of rotatable bonds is 4. The van der Waals surface area contributed by atoms with Gasteiger partial charge in [0, 0.05) is 19.8 Å². The van der Waals surface area contributed by atoms with Gasteiger partial charge >= 0.3 is 5.97 Å². The number of carbonyl (C=O) groups is 1. The van der Waals surface area contributed by atoms with Crippen molar-refractivity contribution in [3.05, 3.63) is 17.5 Å². The molecule has 16 heavy (non-hydrogen) atoms. The number of hydrogen-bond donors (Lipinski definition) is 1. The van der Waals surface area contributed by atoms with Crippen LogP contribution in [-0.4, -0.2) is 34.6 Å². The predicted octanol–water partition coefficient (Wildman–Crippen LogP) is 1.33. The Kier molecular flexibility index (Phi) is 2.77. The van der Waals surface area contributed by atoms with Gasteiger partial charge in [0.1, 0.15) is 0 Å². The van der Waals surface area contributed by atoms with Gasteiger partial charge in [-0.25, -0.2) is 14.8 Å². The quantitative estimate of drug-likeness (QED) is 0.830. The predicted molar refractivity (Wildman–Crippen MR) is 59.7 cm³/mol. The van der Waals surface area contributed by atoms with Gasteiger partial charge in [-0.3, -0.25) is 0 Å². The maximum atomic E-state index is 10.8. The lowest BCUT2D eigenvalue weighted by atomic mass is 10.2. The smallest absolute Gasteiger partial charge is 0.339 e. The van der Waals surface area contributed by atoms with E-state index in [1.807, 2.05) is 11.9 Å². The Hall–Kier alpha value is -1.65. The van der Waals surface area contributed by atoms with E-state index in [0.29, 0.717) is 11.6 Å². The Morgan fingerprint density at radius 1 is 1.62 bits per heavy atom. The fourth-order valence-corrected chi connectivity index (χ4v) is 1.62. The molecule has 5 nitrogen and oxygen atoms in total. The summed E-state index contributed by atoms with van der Waals surface area (Å²) in [5.41, 5.74) is 0.684. The van der Waals surface area contributed by atoms with Gasteiger partial charge < -0.3 is 10.0 Å². The van der Waals surface area contributed by atoms with Crippen LogP contribution in [-0.2, 0) is 0 Å². The molecule has 0 aromatic carbocycles. The van der Waals surface area contributed by atoms with Crippen molar-refractivity contribution in [1.82, 2.24) is 9.97 Å². The molecule has 1 aliphatic carbocycles. The maximum Gasteiger partial charge on any atom is 0.339 e. The number of hydrogen-bond acceptors (Lipinski definition) is 4. The molecule has 1 heterocycles. The number of nitrogens with zero attached hydrogens (tertiary/aromatic N) is 3. The number of aromatic nitrogens is 2. The van der Waals surface area contributed by atoms with Crippen LogP contribution in [0.15, 0.2) is 6.20 Å². The molecule has 1 fully saturated rings.